The Kier molecular flexibility index (Phi) is 14.9. The van der Waals surface area contributed by atoms with Gasteiger partial charge in [0.25, 0.3) is 0 Å². The van der Waals surface area contributed by atoms with Crippen molar-refractivity contribution in [3.8, 4) is 55.6 Å². The van der Waals surface area contributed by atoms with Crippen LogP contribution in [0.1, 0.15) is 156 Å². The highest BCUT2D eigenvalue weighted by Crippen LogP contribution is 2.56. The zero-order valence-electron chi connectivity index (χ0n) is 60.6. The van der Waals surface area contributed by atoms with E-state index in [9.17, 15) is 0 Å². The molecule has 2 nitrogen and oxygen atoms in total. The van der Waals surface area contributed by atoms with Gasteiger partial charge in [0.05, 0.1) is 6.04 Å². The van der Waals surface area contributed by atoms with Crippen LogP contribution in [0.3, 0.4) is 0 Å². The molecular weight excluding hydrogens is 1230 g/mol. The normalized spacial score (nSPS) is 17.7. The Morgan fingerprint density at radius 2 is 0.882 bits per heavy atom. The number of anilines is 5. The van der Waals surface area contributed by atoms with E-state index in [4.69, 9.17) is 0 Å². The summed E-state index contributed by atoms with van der Waals surface area (Å²) in [5, 5.41) is 5.06. The maximum atomic E-state index is 2.71. The van der Waals surface area contributed by atoms with Crippen molar-refractivity contribution >= 4 is 62.5 Å². The SMILES string of the molecule is CC/C=C\C1=C(CC)c2ccc(N(c3ccc4c(c3)C(C)(C)c3ccccc3-4)c3ccc4c(-c5cccc(-c6ccccc6)c5)c5c(c(C6=CC=CC(c7ccccc7)C6)c4c3)=CCC(N(c3ccc4c(c3)C(C)(C)c3ccccc3-4)c3ccc4c(c3)C(C)(C)c3ccccc3-4)C=5)cc2C1(C)C. The van der Waals surface area contributed by atoms with Crippen molar-refractivity contribution in [2.45, 2.75) is 129 Å². The van der Waals surface area contributed by atoms with Crippen molar-refractivity contribution in [1.82, 2.24) is 0 Å². The van der Waals surface area contributed by atoms with E-state index in [0.717, 1.165) is 42.7 Å². The lowest BCUT2D eigenvalue weighted by atomic mass is 9.79. The van der Waals surface area contributed by atoms with Gasteiger partial charge in [-0.1, -0.05) is 294 Å². The summed E-state index contributed by atoms with van der Waals surface area (Å²) in [6.45, 7) is 24.0. The molecule has 0 N–H and O–H groups in total. The first-order valence-corrected chi connectivity index (χ1v) is 37.3. The minimum Gasteiger partial charge on any atom is -0.334 e. The van der Waals surface area contributed by atoms with Crippen LogP contribution in [0.5, 0.6) is 0 Å². The quantitative estimate of drug-likeness (QED) is 0.114. The van der Waals surface area contributed by atoms with Gasteiger partial charge in [0.2, 0.25) is 0 Å². The Balaban J connectivity index is 0.907. The number of nitrogens with zero attached hydrogens (tertiary/aromatic N) is 2. The molecule has 0 spiro atoms. The van der Waals surface area contributed by atoms with E-state index in [1.807, 2.05) is 0 Å². The lowest BCUT2D eigenvalue weighted by molar-refractivity contribution is 0.653. The van der Waals surface area contributed by atoms with Crippen molar-refractivity contribution < 1.29 is 0 Å². The van der Waals surface area contributed by atoms with Crippen LogP contribution in [0, 0.1) is 0 Å². The molecular formula is C100H88N2. The van der Waals surface area contributed by atoms with E-state index in [2.05, 4.69) is 370 Å². The molecule has 0 aliphatic heterocycles. The van der Waals surface area contributed by atoms with Gasteiger partial charge in [-0.3, -0.25) is 0 Å². The standard InChI is InChI=1S/C100H88N2/c1-11-13-39-87-75(12-2)79-49-43-71(59-91(79)97(87,3)4)101(72-44-50-80-76-36-20-23-40-88(76)98(5,6)92(80)60-72)69-47-53-83-85(57-69)95(67-34-26-32-65(55-67)63-28-16-14-17-29-63)84-54-48-70(58-86(84)96(83)68-35-27-33-66(56-68)64-30-18-15-19-31-64)102(73-45-51-81-77-37-21-24-41-89(77)99(7,8)93(81)61-73)74-46-52-82-78-38-22-25-42-90(78)100(9,10)94(82)62-74/h13-47,49-54,56-62,65,70H,11-12,48,55H2,1-10H3/b39-13-. The molecule has 6 aliphatic rings. The molecule has 102 heavy (non-hydrogen) atoms. The fraction of sp³-hybridized carbons (Fsp3) is 0.200. The van der Waals surface area contributed by atoms with E-state index in [0.29, 0.717) is 0 Å². The van der Waals surface area contributed by atoms with Crippen LogP contribution in [0.25, 0.3) is 89.7 Å². The molecule has 0 aromatic heterocycles. The molecule has 2 unspecified atom stereocenters. The van der Waals surface area contributed by atoms with Gasteiger partial charge in [-0.25, -0.2) is 0 Å². The molecule has 6 aliphatic carbocycles. The van der Waals surface area contributed by atoms with Crippen LogP contribution < -0.4 is 20.2 Å². The van der Waals surface area contributed by atoms with E-state index in [1.54, 1.807) is 0 Å². The molecule has 0 fully saturated rings. The van der Waals surface area contributed by atoms with E-state index >= 15 is 0 Å². The zero-order chi connectivity index (χ0) is 69.6. The highest BCUT2D eigenvalue weighted by molar-refractivity contribution is 6.07. The van der Waals surface area contributed by atoms with Crippen LogP contribution in [-0.2, 0) is 21.7 Å². The zero-order valence-corrected chi connectivity index (χ0v) is 60.6. The largest absolute Gasteiger partial charge is 0.334 e. The third-order valence-corrected chi connectivity index (χ3v) is 24.4. The number of hydrogen-bond donors (Lipinski definition) is 0. The molecule has 0 heterocycles. The van der Waals surface area contributed by atoms with Crippen LogP contribution in [0.15, 0.2) is 285 Å². The van der Waals surface area contributed by atoms with Crippen LogP contribution in [0.4, 0.5) is 28.4 Å². The van der Waals surface area contributed by atoms with Gasteiger partial charge >= 0.3 is 0 Å². The Labute approximate surface area is 603 Å². The van der Waals surface area contributed by atoms with E-state index in [-0.39, 0.29) is 33.6 Å². The van der Waals surface area contributed by atoms with E-state index < -0.39 is 0 Å². The summed E-state index contributed by atoms with van der Waals surface area (Å²) >= 11 is 0. The minimum absolute atomic E-state index is 0.0687. The summed E-state index contributed by atoms with van der Waals surface area (Å²) in [6, 6.07) is 95.7. The molecule has 498 valence electrons. The molecule has 12 aromatic rings. The highest BCUT2D eigenvalue weighted by atomic mass is 15.2. The monoisotopic (exact) mass is 1320 g/mol. The molecule has 0 saturated heterocycles. The Bertz CT molecular complexity index is 5630. The number of rotatable bonds is 13. The average molecular weight is 1320 g/mol. The van der Waals surface area contributed by atoms with Crippen molar-refractivity contribution in [3.63, 3.8) is 0 Å². The van der Waals surface area contributed by atoms with Gasteiger partial charge in [0, 0.05) is 56.0 Å². The van der Waals surface area contributed by atoms with Crippen LogP contribution >= 0.6 is 0 Å². The van der Waals surface area contributed by atoms with Crippen molar-refractivity contribution in [2.75, 3.05) is 9.80 Å². The predicted octanol–water partition coefficient (Wildman–Crippen LogP) is 25.3. The van der Waals surface area contributed by atoms with Gasteiger partial charge in [0.15, 0.2) is 0 Å². The molecule has 0 amide bonds. The number of fused-ring (bicyclic) bond motifs is 12. The molecule has 18 rings (SSSR count). The summed E-state index contributed by atoms with van der Waals surface area (Å²) < 4.78 is 0. The van der Waals surface area contributed by atoms with Crippen molar-refractivity contribution in [2.24, 2.45) is 0 Å². The first kappa shape index (κ1) is 63.4. The van der Waals surface area contributed by atoms with Crippen LogP contribution in [-0.4, -0.2) is 6.04 Å². The number of allylic oxidation sites excluding steroid dienone is 8. The third-order valence-electron chi connectivity index (χ3n) is 24.4. The van der Waals surface area contributed by atoms with Gasteiger partial charge in [-0.05, 0) is 242 Å². The Morgan fingerprint density at radius 3 is 1.46 bits per heavy atom. The molecule has 12 aromatic carbocycles. The second kappa shape index (κ2) is 23.9. The fourth-order valence-corrected chi connectivity index (χ4v) is 19.2. The molecule has 0 radical (unpaired) electrons. The van der Waals surface area contributed by atoms with Crippen molar-refractivity contribution in [1.29, 1.82) is 0 Å². The Hall–Kier alpha value is -10.8. The van der Waals surface area contributed by atoms with Crippen LogP contribution in [0.2, 0.25) is 0 Å². The summed E-state index contributed by atoms with van der Waals surface area (Å²) in [6.07, 6.45) is 21.0. The first-order chi connectivity index (χ1) is 49.5. The second-order valence-corrected chi connectivity index (χ2v) is 31.5. The molecule has 2 atom stereocenters. The second-order valence-electron chi connectivity index (χ2n) is 31.5. The maximum Gasteiger partial charge on any atom is 0.0566 e. The Morgan fingerprint density at radius 1 is 0.402 bits per heavy atom. The van der Waals surface area contributed by atoms with Crippen molar-refractivity contribution in [3.05, 3.63) is 351 Å². The molecule has 2 heteroatoms. The van der Waals surface area contributed by atoms with Gasteiger partial charge < -0.3 is 9.80 Å². The predicted molar refractivity (Wildman–Crippen MR) is 434 cm³/mol. The highest BCUT2D eigenvalue weighted by Gasteiger charge is 2.41. The van der Waals surface area contributed by atoms with Gasteiger partial charge in [0.1, 0.15) is 0 Å². The summed E-state index contributed by atoms with van der Waals surface area (Å²) in [5.41, 5.74) is 35.8. The van der Waals surface area contributed by atoms with E-state index in [1.165, 1.54) is 161 Å². The lowest BCUT2D eigenvalue weighted by Crippen LogP contribution is -2.41. The molecule has 0 bridgehead atoms. The smallest absolute Gasteiger partial charge is 0.0566 e. The van der Waals surface area contributed by atoms with Gasteiger partial charge in [-0.2, -0.15) is 0 Å². The third kappa shape index (κ3) is 9.79. The summed E-state index contributed by atoms with van der Waals surface area (Å²) in [4.78, 5) is 5.30. The lowest BCUT2D eigenvalue weighted by Gasteiger charge is -2.35. The first-order valence-electron chi connectivity index (χ1n) is 37.3. The van der Waals surface area contributed by atoms with Gasteiger partial charge in [-0.15, -0.1) is 0 Å². The molecule has 0 saturated carbocycles. The average Bonchev–Trinajstić information content (AvgIpc) is 1.33. The topological polar surface area (TPSA) is 6.48 Å². The summed E-state index contributed by atoms with van der Waals surface area (Å²) in [7, 11) is 0. The minimum atomic E-state index is -0.200. The maximum absolute atomic E-state index is 2.71. The fourth-order valence-electron chi connectivity index (χ4n) is 19.2. The number of hydrogen-bond acceptors (Lipinski definition) is 2. The number of benzene rings is 12. The summed E-state index contributed by atoms with van der Waals surface area (Å²) in [5.74, 6) is 0.201.